The van der Waals surface area contributed by atoms with Crippen molar-refractivity contribution in [3.63, 3.8) is 0 Å². The molecule has 26 heavy (non-hydrogen) atoms. The zero-order valence-corrected chi connectivity index (χ0v) is 15.2. The summed E-state index contributed by atoms with van der Waals surface area (Å²) in [6.45, 7) is 2.48. The molecular weight excluding hydrogens is 354 g/mol. The Hall–Kier alpha value is -2.67. The van der Waals surface area contributed by atoms with Crippen LogP contribution in [0.5, 0.6) is 5.75 Å². The van der Waals surface area contributed by atoms with Crippen LogP contribution in [0.1, 0.15) is 38.8 Å². The molecule has 7 heteroatoms. The number of fused-ring (bicyclic) bond motifs is 1. The van der Waals surface area contributed by atoms with Gasteiger partial charge in [0.25, 0.3) is 5.91 Å². The summed E-state index contributed by atoms with van der Waals surface area (Å²) in [4.78, 5) is 25.1. The Morgan fingerprint density at radius 3 is 2.54 bits per heavy atom. The number of hydrogen-bond donors (Lipinski definition) is 0. The van der Waals surface area contributed by atoms with Gasteiger partial charge >= 0.3 is 10.1 Å². The fraction of sp³-hybridized carbons (Fsp3) is 0.263. The molecule has 1 aliphatic rings. The molecule has 2 aromatic rings. The Labute approximate surface area is 152 Å². The molecular formula is C19H19NO5S. The minimum absolute atomic E-state index is 0.106. The molecule has 1 amide bonds. The van der Waals surface area contributed by atoms with Crippen LogP contribution in [-0.4, -0.2) is 37.8 Å². The normalized spacial score (nSPS) is 13.8. The number of hydrogen-bond acceptors (Lipinski definition) is 5. The molecule has 1 heterocycles. The molecule has 0 radical (unpaired) electrons. The molecule has 3 rings (SSSR count). The molecule has 136 valence electrons. The van der Waals surface area contributed by atoms with Gasteiger partial charge in [-0.1, -0.05) is 18.2 Å². The van der Waals surface area contributed by atoms with Gasteiger partial charge in [0.1, 0.15) is 12.0 Å². The number of nitrogens with zero attached hydrogens (tertiary/aromatic N) is 1. The highest BCUT2D eigenvalue weighted by Crippen LogP contribution is 2.25. The van der Waals surface area contributed by atoms with E-state index >= 15 is 0 Å². The highest BCUT2D eigenvalue weighted by molar-refractivity contribution is 7.87. The summed E-state index contributed by atoms with van der Waals surface area (Å²) in [5.74, 6) is 0.0294. The standard InChI is InChI=1S/C19H19NO5S/c1-2-26(23,24)25-18-8-7-15-9-10-20(12-17(15)11-18)19(22)16-5-3-14(13-21)4-6-16/h3-8,11,13H,2,9-10,12H2,1H3. The van der Waals surface area contributed by atoms with Gasteiger partial charge in [-0.25, -0.2) is 0 Å². The van der Waals surface area contributed by atoms with E-state index in [4.69, 9.17) is 4.18 Å². The summed E-state index contributed by atoms with van der Waals surface area (Å²) in [7, 11) is -3.59. The van der Waals surface area contributed by atoms with Crippen LogP contribution in [0.2, 0.25) is 0 Å². The van der Waals surface area contributed by atoms with E-state index in [0.717, 1.165) is 17.4 Å². The Bertz CT molecular complexity index is 935. The molecule has 0 aliphatic carbocycles. The van der Waals surface area contributed by atoms with Gasteiger partial charge in [0.05, 0.1) is 5.75 Å². The Morgan fingerprint density at radius 1 is 1.15 bits per heavy atom. The molecule has 0 unspecified atom stereocenters. The van der Waals surface area contributed by atoms with Crippen LogP contribution < -0.4 is 4.18 Å². The second-order valence-electron chi connectivity index (χ2n) is 6.08. The monoisotopic (exact) mass is 373 g/mol. The maximum atomic E-state index is 12.7. The van der Waals surface area contributed by atoms with Gasteiger partial charge in [0.15, 0.2) is 0 Å². The van der Waals surface area contributed by atoms with Gasteiger partial charge in [-0.3, -0.25) is 9.59 Å². The Morgan fingerprint density at radius 2 is 1.88 bits per heavy atom. The first-order chi connectivity index (χ1) is 12.4. The average molecular weight is 373 g/mol. The predicted molar refractivity (Wildman–Crippen MR) is 96.8 cm³/mol. The van der Waals surface area contributed by atoms with Gasteiger partial charge < -0.3 is 9.08 Å². The number of carbonyl (C=O) groups is 2. The summed E-state index contributed by atoms with van der Waals surface area (Å²) in [6.07, 6.45) is 1.42. The maximum Gasteiger partial charge on any atom is 0.308 e. The largest absolute Gasteiger partial charge is 0.382 e. The third-order valence-corrected chi connectivity index (χ3v) is 5.50. The SMILES string of the molecule is CCS(=O)(=O)Oc1ccc2c(c1)CN(C(=O)c1ccc(C=O)cc1)CC2. The molecule has 1 aliphatic heterocycles. The van der Waals surface area contributed by atoms with Gasteiger partial charge in [-0.15, -0.1) is 0 Å². The highest BCUT2D eigenvalue weighted by Gasteiger charge is 2.23. The third kappa shape index (κ3) is 3.94. The first-order valence-electron chi connectivity index (χ1n) is 8.30. The number of amides is 1. The van der Waals surface area contributed by atoms with Crippen molar-refractivity contribution >= 4 is 22.3 Å². The van der Waals surface area contributed by atoms with Crippen molar-refractivity contribution in [2.24, 2.45) is 0 Å². The smallest absolute Gasteiger partial charge is 0.308 e. The van der Waals surface area contributed by atoms with E-state index in [9.17, 15) is 18.0 Å². The molecule has 0 fully saturated rings. The minimum atomic E-state index is -3.59. The topological polar surface area (TPSA) is 80.8 Å². The first kappa shape index (κ1) is 18.1. The van der Waals surface area contributed by atoms with Crippen LogP contribution in [0.4, 0.5) is 0 Å². The lowest BCUT2D eigenvalue weighted by molar-refractivity contribution is 0.0734. The number of aldehydes is 1. The van der Waals surface area contributed by atoms with Crippen LogP contribution in [0, 0.1) is 0 Å². The lowest BCUT2D eigenvalue weighted by Gasteiger charge is -2.29. The van der Waals surface area contributed by atoms with E-state index in [-0.39, 0.29) is 17.4 Å². The molecule has 0 aromatic heterocycles. The summed E-state index contributed by atoms with van der Waals surface area (Å²) < 4.78 is 28.3. The molecule has 6 nitrogen and oxygen atoms in total. The zero-order chi connectivity index (χ0) is 18.7. The number of rotatable bonds is 5. The molecule has 0 spiro atoms. The Balaban J connectivity index is 1.79. The lowest BCUT2D eigenvalue weighted by atomic mass is 9.98. The first-order valence-corrected chi connectivity index (χ1v) is 9.88. The fourth-order valence-corrected chi connectivity index (χ4v) is 3.37. The van der Waals surface area contributed by atoms with Gasteiger partial charge in [-0.05, 0) is 48.7 Å². The van der Waals surface area contributed by atoms with Crippen LogP contribution in [-0.2, 0) is 23.1 Å². The number of carbonyl (C=O) groups excluding carboxylic acids is 2. The summed E-state index contributed by atoms with van der Waals surface area (Å²) in [5.41, 5.74) is 2.98. The van der Waals surface area contributed by atoms with Crippen LogP contribution in [0.15, 0.2) is 42.5 Å². The number of benzene rings is 2. The van der Waals surface area contributed by atoms with E-state index in [1.165, 1.54) is 6.92 Å². The molecule has 2 aromatic carbocycles. The third-order valence-electron chi connectivity index (χ3n) is 4.35. The van der Waals surface area contributed by atoms with Gasteiger partial charge in [0.2, 0.25) is 0 Å². The molecule has 0 saturated carbocycles. The summed E-state index contributed by atoms with van der Waals surface area (Å²) >= 11 is 0. The zero-order valence-electron chi connectivity index (χ0n) is 14.3. The van der Waals surface area contributed by atoms with Crippen molar-refractivity contribution in [3.8, 4) is 5.75 Å². The van der Waals surface area contributed by atoms with E-state index in [1.807, 2.05) is 6.07 Å². The Kier molecular flexibility index (Phi) is 5.08. The maximum absolute atomic E-state index is 12.7. The molecule has 0 N–H and O–H groups in total. The average Bonchev–Trinajstić information content (AvgIpc) is 2.66. The van der Waals surface area contributed by atoms with E-state index in [2.05, 4.69) is 0 Å². The van der Waals surface area contributed by atoms with Crippen LogP contribution >= 0.6 is 0 Å². The molecule has 0 atom stereocenters. The van der Waals surface area contributed by atoms with Crippen molar-refractivity contribution in [1.29, 1.82) is 0 Å². The van der Waals surface area contributed by atoms with E-state index in [1.54, 1.807) is 41.3 Å². The minimum Gasteiger partial charge on any atom is -0.382 e. The summed E-state index contributed by atoms with van der Waals surface area (Å²) in [6, 6.07) is 11.7. The van der Waals surface area contributed by atoms with Gasteiger partial charge in [0, 0.05) is 24.2 Å². The van der Waals surface area contributed by atoms with E-state index in [0.29, 0.717) is 30.6 Å². The van der Waals surface area contributed by atoms with E-state index < -0.39 is 10.1 Å². The van der Waals surface area contributed by atoms with Crippen LogP contribution in [0.3, 0.4) is 0 Å². The quantitative estimate of drug-likeness (QED) is 0.594. The van der Waals surface area contributed by atoms with Crippen molar-refractivity contribution in [2.75, 3.05) is 12.3 Å². The van der Waals surface area contributed by atoms with Crippen molar-refractivity contribution in [1.82, 2.24) is 4.90 Å². The lowest BCUT2D eigenvalue weighted by Crippen LogP contribution is -2.36. The van der Waals surface area contributed by atoms with Crippen LogP contribution in [0.25, 0.3) is 0 Å². The predicted octanol–water partition coefficient (Wildman–Crippen LogP) is 2.43. The fourth-order valence-electron chi connectivity index (χ4n) is 2.85. The summed E-state index contributed by atoms with van der Waals surface area (Å²) in [5, 5.41) is 0. The second kappa shape index (κ2) is 7.29. The van der Waals surface area contributed by atoms with Crippen molar-refractivity contribution in [3.05, 3.63) is 64.7 Å². The molecule has 0 bridgehead atoms. The van der Waals surface area contributed by atoms with Crippen molar-refractivity contribution < 1.29 is 22.2 Å². The highest BCUT2D eigenvalue weighted by atomic mass is 32.2. The second-order valence-corrected chi connectivity index (χ2v) is 7.94. The molecule has 0 saturated heterocycles. The van der Waals surface area contributed by atoms with Crippen molar-refractivity contribution in [2.45, 2.75) is 19.9 Å². The van der Waals surface area contributed by atoms with Gasteiger partial charge in [-0.2, -0.15) is 8.42 Å².